The van der Waals surface area contributed by atoms with Crippen LogP contribution in [0, 0.1) is 0 Å². The molecule has 0 aromatic carbocycles. The van der Waals surface area contributed by atoms with E-state index in [0.29, 0.717) is 0 Å². The Labute approximate surface area is 79.0 Å². The molecule has 88 valence electrons. The highest BCUT2D eigenvalue weighted by atomic mass is 19.4. The van der Waals surface area contributed by atoms with Crippen molar-refractivity contribution in [1.82, 2.24) is 0 Å². The van der Waals surface area contributed by atoms with Crippen LogP contribution >= 0.6 is 0 Å². The summed E-state index contributed by atoms with van der Waals surface area (Å²) in [7, 11) is 0. The standard InChI is InChI=1S/C6H4F6O3/c7-2-1-3(13)15-4(14)5(8,9)6(10,11)12/h1-2H2. The number of carbonyl (C=O) groups is 2. The van der Waals surface area contributed by atoms with Gasteiger partial charge in [0.25, 0.3) is 0 Å². The third-order valence-electron chi connectivity index (χ3n) is 1.12. The zero-order chi connectivity index (χ0) is 12.3. The fourth-order valence-electron chi connectivity index (χ4n) is 0.411. The van der Waals surface area contributed by atoms with E-state index >= 15 is 0 Å². The number of hydrogen-bond acceptors (Lipinski definition) is 3. The predicted molar refractivity (Wildman–Crippen MR) is 32.7 cm³/mol. The molecule has 0 rings (SSSR count). The summed E-state index contributed by atoms with van der Waals surface area (Å²) >= 11 is 0. The lowest BCUT2D eigenvalue weighted by Gasteiger charge is -2.16. The van der Waals surface area contributed by atoms with Crippen LogP contribution in [-0.2, 0) is 14.3 Å². The van der Waals surface area contributed by atoms with E-state index < -0.39 is 37.1 Å². The van der Waals surface area contributed by atoms with E-state index in [1.165, 1.54) is 0 Å². The quantitative estimate of drug-likeness (QED) is 0.426. The lowest BCUT2D eigenvalue weighted by Crippen LogP contribution is -2.45. The molecule has 0 heterocycles. The van der Waals surface area contributed by atoms with Crippen molar-refractivity contribution >= 4 is 11.9 Å². The number of hydrogen-bond donors (Lipinski definition) is 0. The molecule has 0 N–H and O–H groups in total. The van der Waals surface area contributed by atoms with Gasteiger partial charge in [-0.15, -0.1) is 0 Å². The highest BCUT2D eigenvalue weighted by molar-refractivity contribution is 5.89. The lowest BCUT2D eigenvalue weighted by molar-refractivity contribution is -0.279. The third kappa shape index (κ3) is 3.40. The Bertz CT molecular complexity index is 258. The summed E-state index contributed by atoms with van der Waals surface area (Å²) in [6.45, 7) is -1.33. The van der Waals surface area contributed by atoms with E-state index in [4.69, 9.17) is 0 Å². The van der Waals surface area contributed by atoms with E-state index in [1.54, 1.807) is 0 Å². The van der Waals surface area contributed by atoms with E-state index in [0.717, 1.165) is 0 Å². The minimum absolute atomic E-state index is 1.07. The Hall–Kier alpha value is -1.28. The van der Waals surface area contributed by atoms with Crippen molar-refractivity contribution in [2.75, 3.05) is 6.67 Å². The molecule has 0 saturated heterocycles. The van der Waals surface area contributed by atoms with Gasteiger partial charge in [-0.2, -0.15) is 22.0 Å². The van der Waals surface area contributed by atoms with Crippen molar-refractivity contribution in [3.8, 4) is 0 Å². The minimum Gasteiger partial charge on any atom is -0.388 e. The van der Waals surface area contributed by atoms with Crippen molar-refractivity contribution in [3.05, 3.63) is 0 Å². The van der Waals surface area contributed by atoms with Gasteiger partial charge in [-0.1, -0.05) is 0 Å². The Balaban J connectivity index is 4.52. The highest BCUT2D eigenvalue weighted by Crippen LogP contribution is 2.36. The summed E-state index contributed by atoms with van der Waals surface area (Å²) in [5.74, 6) is -10.6. The molecule has 0 bridgehead atoms. The first-order valence-corrected chi connectivity index (χ1v) is 3.38. The van der Waals surface area contributed by atoms with Crippen LogP contribution in [0.25, 0.3) is 0 Å². The van der Waals surface area contributed by atoms with E-state index in [9.17, 15) is 35.9 Å². The first-order valence-electron chi connectivity index (χ1n) is 3.38. The third-order valence-corrected chi connectivity index (χ3v) is 1.12. The van der Waals surface area contributed by atoms with Gasteiger partial charge in [0.15, 0.2) is 0 Å². The van der Waals surface area contributed by atoms with Gasteiger partial charge >= 0.3 is 24.0 Å². The summed E-state index contributed by atoms with van der Waals surface area (Å²) in [6, 6.07) is 0. The molecule has 0 aliphatic carbocycles. The summed E-state index contributed by atoms with van der Waals surface area (Å²) in [5, 5.41) is 0. The molecule has 0 fully saturated rings. The second kappa shape index (κ2) is 4.49. The molecule has 0 radical (unpaired) electrons. The van der Waals surface area contributed by atoms with Crippen molar-refractivity contribution in [1.29, 1.82) is 0 Å². The normalized spacial score (nSPS) is 12.4. The molecular weight excluding hydrogens is 234 g/mol. The van der Waals surface area contributed by atoms with Crippen molar-refractivity contribution < 1.29 is 40.7 Å². The molecule has 3 nitrogen and oxygen atoms in total. The molecule has 0 aromatic heterocycles. The van der Waals surface area contributed by atoms with Crippen molar-refractivity contribution in [3.63, 3.8) is 0 Å². The van der Waals surface area contributed by atoms with Crippen LogP contribution in [0.2, 0.25) is 0 Å². The maximum absolute atomic E-state index is 12.1. The molecule has 15 heavy (non-hydrogen) atoms. The summed E-state index contributed by atoms with van der Waals surface area (Å²) in [4.78, 5) is 20.4. The molecule has 0 atom stereocenters. The Morgan fingerprint density at radius 2 is 1.53 bits per heavy atom. The van der Waals surface area contributed by atoms with Crippen LogP contribution in [-0.4, -0.2) is 30.7 Å². The van der Waals surface area contributed by atoms with Crippen LogP contribution < -0.4 is 0 Å². The highest BCUT2D eigenvalue weighted by Gasteiger charge is 2.65. The molecule has 0 aliphatic rings. The number of esters is 2. The van der Waals surface area contributed by atoms with Crippen LogP contribution in [0.5, 0.6) is 0 Å². The van der Waals surface area contributed by atoms with Gasteiger partial charge in [0.05, 0.1) is 13.1 Å². The summed E-state index contributed by atoms with van der Waals surface area (Å²) in [5.41, 5.74) is 0. The van der Waals surface area contributed by atoms with Crippen molar-refractivity contribution in [2.45, 2.75) is 18.5 Å². The summed E-state index contributed by atoms with van der Waals surface area (Å²) in [6.07, 6.45) is -7.22. The van der Waals surface area contributed by atoms with E-state index in [-0.39, 0.29) is 0 Å². The second-order valence-electron chi connectivity index (χ2n) is 2.27. The molecule has 0 amide bonds. The van der Waals surface area contributed by atoms with Crippen LogP contribution in [0.4, 0.5) is 26.3 Å². The minimum atomic E-state index is -6.15. The van der Waals surface area contributed by atoms with Gasteiger partial charge in [0, 0.05) is 0 Å². The van der Waals surface area contributed by atoms with Gasteiger partial charge in [-0.05, 0) is 0 Å². The number of carbonyl (C=O) groups excluding carboxylic acids is 2. The Kier molecular flexibility index (Phi) is 4.11. The fourth-order valence-corrected chi connectivity index (χ4v) is 0.411. The molecule has 0 unspecified atom stereocenters. The number of rotatable bonds is 3. The molecule has 0 aliphatic heterocycles. The zero-order valence-electron chi connectivity index (χ0n) is 6.91. The number of alkyl halides is 6. The maximum atomic E-state index is 12.1. The Morgan fingerprint density at radius 1 is 1.07 bits per heavy atom. The first-order chi connectivity index (χ1) is 6.63. The number of halogens is 6. The van der Waals surface area contributed by atoms with E-state index in [1.807, 2.05) is 0 Å². The van der Waals surface area contributed by atoms with Gasteiger partial charge < -0.3 is 4.74 Å². The molecule has 0 aromatic rings. The molecule has 9 heteroatoms. The van der Waals surface area contributed by atoms with Crippen LogP contribution in [0.15, 0.2) is 0 Å². The first kappa shape index (κ1) is 13.7. The monoisotopic (exact) mass is 238 g/mol. The van der Waals surface area contributed by atoms with Gasteiger partial charge in [-0.25, -0.2) is 4.79 Å². The van der Waals surface area contributed by atoms with Crippen LogP contribution in [0.3, 0.4) is 0 Å². The average Bonchev–Trinajstić information content (AvgIpc) is 2.02. The predicted octanol–water partition coefficient (Wildman–Crippen LogP) is 1.61. The molecule has 0 saturated carbocycles. The van der Waals surface area contributed by atoms with Gasteiger partial charge in [0.2, 0.25) is 0 Å². The van der Waals surface area contributed by atoms with Gasteiger partial charge in [-0.3, -0.25) is 9.18 Å². The average molecular weight is 238 g/mol. The van der Waals surface area contributed by atoms with Crippen LogP contribution in [0.1, 0.15) is 6.42 Å². The van der Waals surface area contributed by atoms with Gasteiger partial charge in [0.1, 0.15) is 0 Å². The maximum Gasteiger partial charge on any atom is 0.465 e. The second-order valence-corrected chi connectivity index (χ2v) is 2.27. The molecular formula is C6H4F6O3. The number of ether oxygens (including phenoxy) is 1. The zero-order valence-corrected chi connectivity index (χ0v) is 6.91. The summed E-state index contributed by atoms with van der Waals surface area (Å²) < 4.78 is 73.1. The van der Waals surface area contributed by atoms with Crippen molar-refractivity contribution in [2.24, 2.45) is 0 Å². The lowest BCUT2D eigenvalue weighted by atomic mass is 10.3. The largest absolute Gasteiger partial charge is 0.465 e. The topological polar surface area (TPSA) is 43.4 Å². The smallest absolute Gasteiger partial charge is 0.388 e. The van der Waals surface area contributed by atoms with E-state index in [2.05, 4.69) is 4.74 Å². The Morgan fingerprint density at radius 3 is 1.87 bits per heavy atom. The SMILES string of the molecule is O=C(CCF)OC(=O)C(F)(F)C(F)(F)F. The molecule has 0 spiro atoms. The fraction of sp³-hybridized carbons (Fsp3) is 0.667.